The fraction of sp³-hybridized carbons (Fsp3) is 0.825. The van der Waals surface area contributed by atoms with Gasteiger partial charge in [0.25, 0.3) is 0 Å². The van der Waals surface area contributed by atoms with Crippen molar-refractivity contribution in [2.45, 2.75) is 219 Å². The highest BCUT2D eigenvalue weighted by molar-refractivity contribution is 5.78. The molecule has 0 aliphatic carbocycles. The molecule has 0 N–H and O–H groups in total. The minimum absolute atomic E-state index is 0.255. The van der Waals surface area contributed by atoms with Gasteiger partial charge in [-0.15, -0.1) is 0 Å². The molecule has 7 nitrogen and oxygen atoms in total. The van der Waals surface area contributed by atoms with E-state index < -0.39 is 0 Å². The quantitative estimate of drug-likeness (QED) is 0.125. The lowest BCUT2D eigenvalue weighted by atomic mass is 10.1. The molecule has 7 heteroatoms. The average Bonchev–Trinajstić information content (AvgIpc) is 3.01. The van der Waals surface area contributed by atoms with Crippen LogP contribution in [0.4, 0.5) is 0 Å². The molecule has 282 valence electrons. The van der Waals surface area contributed by atoms with Gasteiger partial charge in [-0.2, -0.15) is 0 Å². The number of ketones is 7. The summed E-state index contributed by atoms with van der Waals surface area (Å²) in [6.07, 6.45) is 16.9. The molecule has 0 aliphatic rings. The normalized spacial score (nSPS) is 8.72. The van der Waals surface area contributed by atoms with Crippen LogP contribution in [0.15, 0.2) is 0 Å². The second-order valence-electron chi connectivity index (χ2n) is 11.4. The Labute approximate surface area is 292 Å². The first-order chi connectivity index (χ1) is 22.0. The molecular weight excluding hydrogens is 592 g/mol. The van der Waals surface area contributed by atoms with Crippen molar-refractivity contribution in [3.63, 3.8) is 0 Å². The Balaban J connectivity index is -0.0000000798. The minimum atomic E-state index is 0.255. The number of carbonyl (C=O) groups is 7. The smallest absolute Gasteiger partial charge is 0.132 e. The third kappa shape index (κ3) is 107. The zero-order chi connectivity index (χ0) is 38.5. The fourth-order valence-electron chi connectivity index (χ4n) is 2.79. The van der Waals surface area contributed by atoms with E-state index in [0.717, 1.165) is 83.5 Å². The number of rotatable bonds is 19. The van der Waals surface area contributed by atoms with Gasteiger partial charge in [0, 0.05) is 64.2 Å². The largest absolute Gasteiger partial charge is 0.300 e. The van der Waals surface area contributed by atoms with E-state index in [0.29, 0.717) is 54.6 Å². The Hall–Kier alpha value is -2.31. The van der Waals surface area contributed by atoms with Gasteiger partial charge in [0.05, 0.1) is 0 Å². The summed E-state index contributed by atoms with van der Waals surface area (Å²) in [6, 6.07) is 0. The van der Waals surface area contributed by atoms with Crippen LogP contribution >= 0.6 is 0 Å². The van der Waals surface area contributed by atoms with Crippen molar-refractivity contribution in [1.82, 2.24) is 0 Å². The molecule has 0 unspecified atom stereocenters. The Bertz CT molecular complexity index is 710. The Morgan fingerprint density at radius 1 is 0.277 bits per heavy atom. The van der Waals surface area contributed by atoms with Crippen LogP contribution in [0.1, 0.15) is 219 Å². The standard InChI is InChI=1S/2C7H14O.2C6H12O.2C5H10O.C4H8O/c1-3-4-5-6-7(2)8;1-3-5-7(8)6-4-2;1-3-4-5-6(2)7;1-3-5-6(7)4-2;1-3-4-5(2)6;1-3-5(6)4-2;1-3-4(2)5/h2*3-6H2,1-2H3;2*3-5H2,1-2H3;2*3-4H2,1-2H3;3H2,1-2H3. The topological polar surface area (TPSA) is 119 Å². The van der Waals surface area contributed by atoms with E-state index >= 15 is 0 Å². The summed E-state index contributed by atoms with van der Waals surface area (Å²) in [4.78, 5) is 71.6. The predicted octanol–water partition coefficient (Wildman–Crippen LogP) is 11.6. The molecule has 0 fully saturated rings. The fourth-order valence-corrected chi connectivity index (χ4v) is 2.79. The highest BCUT2D eigenvalue weighted by atomic mass is 16.1. The van der Waals surface area contributed by atoms with E-state index in [1.54, 1.807) is 27.7 Å². The van der Waals surface area contributed by atoms with Gasteiger partial charge in [0.2, 0.25) is 0 Å². The summed E-state index contributed by atoms with van der Waals surface area (Å²) < 4.78 is 0. The van der Waals surface area contributed by atoms with Crippen LogP contribution in [0, 0.1) is 0 Å². The number of Topliss-reactive ketones (excluding diaryl/α,β-unsaturated/α-hetero) is 7. The van der Waals surface area contributed by atoms with Gasteiger partial charge >= 0.3 is 0 Å². The lowest BCUT2D eigenvalue weighted by Crippen LogP contribution is -1.93. The monoisotopic (exact) mass is 673 g/mol. The van der Waals surface area contributed by atoms with Crippen molar-refractivity contribution in [2.24, 2.45) is 0 Å². The predicted molar refractivity (Wildman–Crippen MR) is 202 cm³/mol. The third-order valence-electron chi connectivity index (χ3n) is 5.88. The van der Waals surface area contributed by atoms with Gasteiger partial charge in [0.15, 0.2) is 0 Å². The maximum absolute atomic E-state index is 10.6. The van der Waals surface area contributed by atoms with E-state index in [2.05, 4.69) is 13.8 Å². The highest BCUT2D eigenvalue weighted by Crippen LogP contribution is 1.98. The molecule has 0 spiro atoms. The van der Waals surface area contributed by atoms with Crippen LogP contribution in [0.3, 0.4) is 0 Å². The Morgan fingerprint density at radius 2 is 0.574 bits per heavy atom. The van der Waals surface area contributed by atoms with Gasteiger partial charge in [0.1, 0.15) is 40.5 Å². The summed E-state index contributed by atoms with van der Waals surface area (Å²) in [6.45, 7) is 26.3. The highest BCUT2D eigenvalue weighted by Gasteiger charge is 1.95. The van der Waals surface area contributed by atoms with Crippen LogP contribution in [0.25, 0.3) is 0 Å². The average molecular weight is 673 g/mol. The number of hydrogen-bond acceptors (Lipinski definition) is 7. The van der Waals surface area contributed by atoms with Crippen LogP contribution in [0.5, 0.6) is 0 Å². The Kier molecular flexibility index (Phi) is 71.6. The van der Waals surface area contributed by atoms with Gasteiger partial charge in [-0.3, -0.25) is 14.4 Å². The number of carbonyl (C=O) groups excluding carboxylic acids is 7. The van der Waals surface area contributed by atoms with E-state index in [4.69, 9.17) is 0 Å². The zero-order valence-electron chi connectivity index (χ0n) is 33.8. The van der Waals surface area contributed by atoms with Crippen molar-refractivity contribution >= 4 is 40.5 Å². The second-order valence-corrected chi connectivity index (χ2v) is 11.4. The molecule has 0 atom stereocenters. The van der Waals surface area contributed by atoms with Crippen molar-refractivity contribution in [2.75, 3.05) is 0 Å². The molecule has 0 radical (unpaired) electrons. The summed E-state index contributed by atoms with van der Waals surface area (Å²) >= 11 is 0. The molecule has 0 bridgehead atoms. The van der Waals surface area contributed by atoms with Crippen LogP contribution in [0.2, 0.25) is 0 Å². The molecule has 0 aliphatic heterocycles. The van der Waals surface area contributed by atoms with E-state index in [9.17, 15) is 33.6 Å². The Morgan fingerprint density at radius 3 is 0.723 bits per heavy atom. The number of unbranched alkanes of at least 4 members (excludes halogenated alkanes) is 3. The zero-order valence-corrected chi connectivity index (χ0v) is 33.8. The van der Waals surface area contributed by atoms with Crippen LogP contribution in [-0.2, 0) is 33.6 Å². The second kappa shape index (κ2) is 56.1. The van der Waals surface area contributed by atoms with E-state index in [-0.39, 0.29) is 11.6 Å². The number of hydrogen-bond donors (Lipinski definition) is 0. The summed E-state index contributed by atoms with van der Waals surface area (Å²) in [7, 11) is 0. The lowest BCUT2D eigenvalue weighted by molar-refractivity contribution is -0.119. The minimum Gasteiger partial charge on any atom is -0.300 e. The first-order valence-corrected chi connectivity index (χ1v) is 18.5. The summed E-state index contributed by atoms with van der Waals surface area (Å²) in [5.74, 6) is 2.30. The van der Waals surface area contributed by atoms with Gasteiger partial charge in [-0.25, -0.2) is 0 Å². The van der Waals surface area contributed by atoms with Gasteiger partial charge in [-0.05, 0) is 66.2 Å². The van der Waals surface area contributed by atoms with Gasteiger partial charge < -0.3 is 19.2 Å². The molecule has 0 rings (SSSR count). The van der Waals surface area contributed by atoms with Crippen molar-refractivity contribution in [3.8, 4) is 0 Å². The van der Waals surface area contributed by atoms with E-state index in [1.165, 1.54) is 12.8 Å². The molecule has 0 aromatic carbocycles. The summed E-state index contributed by atoms with van der Waals surface area (Å²) in [5, 5.41) is 0. The molecule has 47 heavy (non-hydrogen) atoms. The van der Waals surface area contributed by atoms with E-state index in [1.807, 2.05) is 55.4 Å². The molecule has 0 aromatic rings. The molecular formula is C40H80O7. The van der Waals surface area contributed by atoms with Crippen molar-refractivity contribution in [3.05, 3.63) is 0 Å². The lowest BCUT2D eigenvalue weighted by Gasteiger charge is -1.91. The molecule has 0 saturated carbocycles. The molecule has 0 saturated heterocycles. The first-order valence-electron chi connectivity index (χ1n) is 18.5. The maximum atomic E-state index is 10.6. The SMILES string of the molecule is CCC(=O)CC.CCC(C)=O.CCCC(=O)CC.CCCC(=O)CCC.CCCC(C)=O.CCCCC(C)=O.CCCCCC(C)=O. The molecule has 0 amide bonds. The van der Waals surface area contributed by atoms with Crippen LogP contribution in [-0.4, -0.2) is 40.5 Å². The van der Waals surface area contributed by atoms with Crippen molar-refractivity contribution in [1.29, 1.82) is 0 Å². The molecule has 0 heterocycles. The van der Waals surface area contributed by atoms with Gasteiger partial charge in [-0.1, -0.05) is 88.5 Å². The summed E-state index contributed by atoms with van der Waals surface area (Å²) in [5.41, 5.74) is 0. The third-order valence-corrected chi connectivity index (χ3v) is 5.88. The van der Waals surface area contributed by atoms with Crippen LogP contribution < -0.4 is 0 Å². The van der Waals surface area contributed by atoms with Crippen molar-refractivity contribution < 1.29 is 33.6 Å². The molecule has 0 aromatic heterocycles. The first kappa shape index (κ1) is 60.1. The maximum Gasteiger partial charge on any atom is 0.132 e.